The molecule has 0 aliphatic carbocycles. The molecule has 1 aromatic carbocycles. The summed E-state index contributed by atoms with van der Waals surface area (Å²) in [4.78, 5) is 10.3. The third kappa shape index (κ3) is 2.67. The van der Waals surface area contributed by atoms with Crippen LogP contribution < -0.4 is 5.73 Å². The molecule has 1 atom stereocenters. The van der Waals surface area contributed by atoms with Crippen molar-refractivity contribution in [3.05, 3.63) is 35.4 Å². The molecule has 0 heterocycles. The van der Waals surface area contributed by atoms with Crippen molar-refractivity contribution in [2.24, 2.45) is 5.73 Å². The van der Waals surface area contributed by atoms with Crippen molar-refractivity contribution < 1.29 is 4.79 Å². The predicted molar refractivity (Wildman–Crippen MR) is 53.4 cm³/mol. The van der Waals surface area contributed by atoms with Gasteiger partial charge in [0.05, 0.1) is 0 Å². The van der Waals surface area contributed by atoms with Gasteiger partial charge >= 0.3 is 0 Å². The number of rotatable bonds is 4. The lowest BCUT2D eigenvalue weighted by atomic mass is 9.97. The lowest BCUT2D eigenvalue weighted by Crippen LogP contribution is -1.99. The molecule has 0 aliphatic rings. The van der Waals surface area contributed by atoms with E-state index in [0.717, 1.165) is 11.8 Å². The van der Waals surface area contributed by atoms with E-state index in [1.54, 1.807) is 0 Å². The molecular formula is C11H15NO. The Morgan fingerprint density at radius 1 is 1.54 bits per heavy atom. The van der Waals surface area contributed by atoms with Crippen molar-refractivity contribution in [2.75, 3.05) is 0 Å². The molecule has 0 fully saturated rings. The van der Waals surface area contributed by atoms with Crippen molar-refractivity contribution in [1.29, 1.82) is 0 Å². The Morgan fingerprint density at radius 3 is 2.92 bits per heavy atom. The van der Waals surface area contributed by atoms with Crippen LogP contribution in [0.2, 0.25) is 0 Å². The van der Waals surface area contributed by atoms with Crippen LogP contribution in [0, 0.1) is 0 Å². The van der Waals surface area contributed by atoms with E-state index in [0.29, 0.717) is 18.9 Å². The fourth-order valence-corrected chi connectivity index (χ4v) is 1.31. The smallest absolute Gasteiger partial charge is 0.120 e. The van der Waals surface area contributed by atoms with E-state index in [9.17, 15) is 4.79 Å². The Labute approximate surface area is 78.8 Å². The van der Waals surface area contributed by atoms with E-state index in [1.165, 1.54) is 5.56 Å². The highest BCUT2D eigenvalue weighted by Gasteiger charge is 2.04. The molecule has 0 saturated carbocycles. The number of hydrogen-bond donors (Lipinski definition) is 1. The molecule has 2 heteroatoms. The minimum atomic E-state index is 0.295. The molecule has 0 aromatic heterocycles. The fourth-order valence-electron chi connectivity index (χ4n) is 1.31. The third-order valence-electron chi connectivity index (χ3n) is 2.21. The first kappa shape index (κ1) is 9.93. The van der Waals surface area contributed by atoms with Gasteiger partial charge in [0, 0.05) is 13.0 Å². The molecule has 0 bridgehead atoms. The third-order valence-corrected chi connectivity index (χ3v) is 2.21. The Kier molecular flexibility index (Phi) is 3.65. The molecule has 2 nitrogen and oxygen atoms in total. The Balaban J connectivity index is 2.81. The van der Waals surface area contributed by atoms with Crippen molar-refractivity contribution in [2.45, 2.75) is 25.8 Å². The number of benzene rings is 1. The maximum absolute atomic E-state index is 10.3. The number of aldehydes is 1. The van der Waals surface area contributed by atoms with Crippen LogP contribution in [0.15, 0.2) is 24.3 Å². The van der Waals surface area contributed by atoms with Crippen LogP contribution in [0.25, 0.3) is 0 Å². The molecule has 0 aliphatic heterocycles. The summed E-state index contributed by atoms with van der Waals surface area (Å²) in [7, 11) is 0. The first-order chi connectivity index (χ1) is 6.27. The standard InChI is InChI=1S/C11H15NO/c1-9(5-6-13)11-4-2-3-10(7-11)8-12/h2-4,6-7,9H,5,8,12H2,1H3. The van der Waals surface area contributed by atoms with Crippen molar-refractivity contribution in [1.82, 2.24) is 0 Å². The van der Waals surface area contributed by atoms with Gasteiger partial charge in [0.15, 0.2) is 0 Å². The van der Waals surface area contributed by atoms with E-state index < -0.39 is 0 Å². The molecule has 70 valence electrons. The van der Waals surface area contributed by atoms with Gasteiger partial charge in [0.25, 0.3) is 0 Å². The number of carbonyl (C=O) groups excluding carboxylic acids is 1. The minimum Gasteiger partial charge on any atom is -0.326 e. The zero-order valence-corrected chi connectivity index (χ0v) is 7.86. The van der Waals surface area contributed by atoms with E-state index in [4.69, 9.17) is 5.73 Å². The molecule has 0 spiro atoms. The highest BCUT2D eigenvalue weighted by Crippen LogP contribution is 2.18. The summed E-state index contributed by atoms with van der Waals surface area (Å²) in [6, 6.07) is 8.08. The maximum atomic E-state index is 10.3. The van der Waals surface area contributed by atoms with Crippen LogP contribution in [0.4, 0.5) is 0 Å². The highest BCUT2D eigenvalue weighted by molar-refractivity contribution is 5.51. The summed E-state index contributed by atoms with van der Waals surface area (Å²) in [6.45, 7) is 2.60. The van der Waals surface area contributed by atoms with Crippen LogP contribution >= 0.6 is 0 Å². The summed E-state index contributed by atoms with van der Waals surface area (Å²) in [5.74, 6) is 0.295. The van der Waals surface area contributed by atoms with Crippen LogP contribution in [-0.4, -0.2) is 6.29 Å². The largest absolute Gasteiger partial charge is 0.326 e. The number of nitrogens with two attached hydrogens (primary N) is 1. The van der Waals surface area contributed by atoms with Gasteiger partial charge in [-0.25, -0.2) is 0 Å². The van der Waals surface area contributed by atoms with Gasteiger partial charge in [0.1, 0.15) is 6.29 Å². The summed E-state index contributed by atoms with van der Waals surface area (Å²) in [5.41, 5.74) is 7.83. The maximum Gasteiger partial charge on any atom is 0.120 e. The van der Waals surface area contributed by atoms with Crippen molar-refractivity contribution in [3.8, 4) is 0 Å². The topological polar surface area (TPSA) is 43.1 Å². The quantitative estimate of drug-likeness (QED) is 0.713. The number of hydrogen-bond acceptors (Lipinski definition) is 2. The van der Waals surface area contributed by atoms with Gasteiger partial charge in [-0.2, -0.15) is 0 Å². The van der Waals surface area contributed by atoms with E-state index in [-0.39, 0.29) is 0 Å². The fraction of sp³-hybridized carbons (Fsp3) is 0.364. The van der Waals surface area contributed by atoms with Crippen LogP contribution in [-0.2, 0) is 11.3 Å². The second-order valence-electron chi connectivity index (χ2n) is 3.25. The minimum absolute atomic E-state index is 0.295. The number of carbonyl (C=O) groups is 1. The van der Waals surface area contributed by atoms with Crippen molar-refractivity contribution >= 4 is 6.29 Å². The average Bonchev–Trinajstić information content (AvgIpc) is 2.18. The van der Waals surface area contributed by atoms with Gasteiger partial charge in [-0.3, -0.25) is 0 Å². The zero-order valence-electron chi connectivity index (χ0n) is 7.86. The molecular weight excluding hydrogens is 162 g/mol. The molecule has 2 N–H and O–H groups in total. The van der Waals surface area contributed by atoms with Crippen LogP contribution in [0.1, 0.15) is 30.4 Å². The van der Waals surface area contributed by atoms with Gasteiger partial charge in [0.2, 0.25) is 0 Å². The molecule has 1 rings (SSSR count). The normalized spacial score (nSPS) is 12.5. The Hall–Kier alpha value is -1.15. The monoisotopic (exact) mass is 177 g/mol. The SMILES string of the molecule is CC(CC=O)c1cccc(CN)c1. The molecule has 0 amide bonds. The first-order valence-electron chi connectivity index (χ1n) is 4.50. The van der Waals surface area contributed by atoms with Gasteiger partial charge in [-0.1, -0.05) is 31.2 Å². The van der Waals surface area contributed by atoms with E-state index in [2.05, 4.69) is 6.07 Å². The first-order valence-corrected chi connectivity index (χ1v) is 4.50. The molecule has 1 unspecified atom stereocenters. The molecule has 0 saturated heterocycles. The second-order valence-corrected chi connectivity index (χ2v) is 3.25. The Morgan fingerprint density at radius 2 is 2.31 bits per heavy atom. The second kappa shape index (κ2) is 4.77. The van der Waals surface area contributed by atoms with Crippen LogP contribution in [0.5, 0.6) is 0 Å². The van der Waals surface area contributed by atoms with E-state index in [1.807, 2.05) is 25.1 Å². The summed E-state index contributed by atoms with van der Waals surface area (Å²) >= 11 is 0. The molecule has 13 heavy (non-hydrogen) atoms. The van der Waals surface area contributed by atoms with Crippen molar-refractivity contribution in [3.63, 3.8) is 0 Å². The zero-order chi connectivity index (χ0) is 9.68. The Bertz CT molecular complexity index is 283. The van der Waals surface area contributed by atoms with Crippen LogP contribution in [0.3, 0.4) is 0 Å². The lowest BCUT2D eigenvalue weighted by Gasteiger charge is -2.08. The molecule has 0 radical (unpaired) electrons. The van der Waals surface area contributed by atoms with Gasteiger partial charge in [-0.15, -0.1) is 0 Å². The lowest BCUT2D eigenvalue weighted by molar-refractivity contribution is -0.108. The van der Waals surface area contributed by atoms with E-state index >= 15 is 0 Å². The summed E-state index contributed by atoms with van der Waals surface area (Å²) in [6.07, 6.45) is 1.54. The highest BCUT2D eigenvalue weighted by atomic mass is 16.1. The predicted octanol–water partition coefficient (Wildman–Crippen LogP) is 1.84. The summed E-state index contributed by atoms with van der Waals surface area (Å²) < 4.78 is 0. The van der Waals surface area contributed by atoms with Gasteiger partial charge < -0.3 is 10.5 Å². The van der Waals surface area contributed by atoms with Gasteiger partial charge in [-0.05, 0) is 17.0 Å². The average molecular weight is 177 g/mol. The molecule has 1 aromatic rings. The summed E-state index contributed by atoms with van der Waals surface area (Å²) in [5, 5.41) is 0.